The summed E-state index contributed by atoms with van der Waals surface area (Å²) in [6.45, 7) is 7.59. The molecule has 1 saturated carbocycles. The van der Waals surface area contributed by atoms with E-state index in [1.165, 1.54) is 24.0 Å². The smallest absolute Gasteiger partial charge is 0.119 e. The third-order valence-electron chi connectivity index (χ3n) is 8.20. The molecule has 5 atom stereocenters. The zero-order valence-corrected chi connectivity index (χ0v) is 26.2. The Morgan fingerprint density at radius 3 is 2.45 bits per heavy atom. The van der Waals surface area contributed by atoms with Crippen molar-refractivity contribution < 1.29 is 14.6 Å². The number of methoxy groups -OCH3 is 1. The lowest BCUT2D eigenvalue weighted by atomic mass is 9.70. The topological polar surface area (TPSA) is 45.2 Å². The lowest BCUT2D eigenvalue weighted by molar-refractivity contribution is -0.00155. The minimum atomic E-state index is -0.484. The van der Waals surface area contributed by atoms with Crippen LogP contribution in [0.2, 0.25) is 5.02 Å². The molecule has 2 aromatic rings. The highest BCUT2D eigenvalue weighted by atomic mass is 35.5. The van der Waals surface area contributed by atoms with E-state index >= 15 is 0 Å². The minimum Gasteiger partial charge on any atom is -0.493 e. The van der Waals surface area contributed by atoms with Crippen LogP contribution in [0.1, 0.15) is 68.2 Å². The number of aliphatic hydroxyl groups is 1. The fourth-order valence-corrected chi connectivity index (χ4v) is 6.00. The van der Waals surface area contributed by atoms with Crippen molar-refractivity contribution in [1.82, 2.24) is 9.80 Å². The maximum absolute atomic E-state index is 9.85. The van der Waals surface area contributed by atoms with Gasteiger partial charge in [0.25, 0.3) is 0 Å². The van der Waals surface area contributed by atoms with Crippen LogP contribution in [-0.4, -0.2) is 75.5 Å². The molecule has 6 heteroatoms. The van der Waals surface area contributed by atoms with Gasteiger partial charge in [0.2, 0.25) is 0 Å². The molecule has 0 spiro atoms. The highest BCUT2D eigenvalue weighted by molar-refractivity contribution is 6.30. The van der Waals surface area contributed by atoms with Crippen molar-refractivity contribution in [2.45, 2.75) is 64.1 Å². The van der Waals surface area contributed by atoms with Crippen LogP contribution < -0.4 is 4.74 Å². The molecule has 0 saturated heterocycles. The Morgan fingerprint density at radius 2 is 1.85 bits per heavy atom. The average Bonchev–Trinajstić information content (AvgIpc) is 2.91. The number of hydrogen-bond donors (Lipinski definition) is 1. The minimum absolute atomic E-state index is 0.186. The van der Waals surface area contributed by atoms with E-state index in [1.807, 2.05) is 37.4 Å². The standard InChI is InChI=1S/C34H51ClN2O3/c1-7-10-27-21-30(35)15-19-32(27)29(24-40-31-16-12-26(13-17-31)25(2)38)23-37(5)22-28-14-18-33(28)34(39-6)11-8-9-20-36(3)4/h8,11-13,15-17,19,21,25,28-29,33-34,38H,7,9-10,14,18,20,22-24H2,1-6H3/b11-8+. The molecule has 1 aliphatic carbocycles. The van der Waals surface area contributed by atoms with Crippen LogP contribution in [0.5, 0.6) is 5.75 Å². The van der Waals surface area contributed by atoms with Crippen molar-refractivity contribution in [1.29, 1.82) is 0 Å². The summed E-state index contributed by atoms with van der Waals surface area (Å²) in [5.41, 5.74) is 3.52. The van der Waals surface area contributed by atoms with E-state index in [0.717, 1.165) is 55.2 Å². The second-order valence-electron chi connectivity index (χ2n) is 11.8. The van der Waals surface area contributed by atoms with Gasteiger partial charge < -0.3 is 24.4 Å². The summed E-state index contributed by atoms with van der Waals surface area (Å²) in [5, 5.41) is 10.6. The molecule has 0 aromatic heterocycles. The number of rotatable bonds is 17. The molecule has 1 fully saturated rings. The molecule has 0 aliphatic heterocycles. The van der Waals surface area contributed by atoms with Gasteiger partial charge in [-0.05, 0) is 107 Å². The zero-order chi connectivity index (χ0) is 29.1. The third kappa shape index (κ3) is 9.88. The van der Waals surface area contributed by atoms with E-state index in [1.54, 1.807) is 6.92 Å². The predicted octanol–water partition coefficient (Wildman–Crippen LogP) is 6.99. The Balaban J connectivity index is 1.69. The number of likely N-dealkylation sites (N-methyl/N-ethyl adjacent to an activating group) is 1. The first-order valence-electron chi connectivity index (χ1n) is 14.9. The second kappa shape index (κ2) is 16.5. The number of aryl methyl sites for hydroxylation is 1. The quantitative estimate of drug-likeness (QED) is 0.208. The molecule has 222 valence electrons. The van der Waals surface area contributed by atoms with Crippen LogP contribution in [-0.2, 0) is 11.2 Å². The van der Waals surface area contributed by atoms with E-state index in [-0.39, 0.29) is 12.0 Å². The van der Waals surface area contributed by atoms with Gasteiger partial charge in [0.1, 0.15) is 5.75 Å². The molecule has 1 N–H and O–H groups in total. The lowest BCUT2D eigenvalue weighted by Gasteiger charge is -2.42. The van der Waals surface area contributed by atoms with Gasteiger partial charge >= 0.3 is 0 Å². The van der Waals surface area contributed by atoms with Gasteiger partial charge in [0.05, 0.1) is 18.8 Å². The van der Waals surface area contributed by atoms with E-state index in [2.05, 4.69) is 62.2 Å². The monoisotopic (exact) mass is 570 g/mol. The average molecular weight is 571 g/mol. The molecule has 0 amide bonds. The molecule has 0 heterocycles. The van der Waals surface area contributed by atoms with Crippen molar-refractivity contribution in [2.24, 2.45) is 11.8 Å². The van der Waals surface area contributed by atoms with Crippen LogP contribution in [0, 0.1) is 11.8 Å². The van der Waals surface area contributed by atoms with Gasteiger partial charge in [0.15, 0.2) is 0 Å². The summed E-state index contributed by atoms with van der Waals surface area (Å²) in [7, 11) is 8.31. The number of ether oxygens (including phenoxy) is 2. The Bertz CT molecular complexity index is 1040. The van der Waals surface area contributed by atoms with Gasteiger partial charge in [-0.1, -0.05) is 55.3 Å². The first kappa shape index (κ1) is 32.6. The van der Waals surface area contributed by atoms with E-state index in [9.17, 15) is 5.11 Å². The highest BCUT2D eigenvalue weighted by Gasteiger charge is 2.37. The lowest BCUT2D eigenvalue weighted by Crippen LogP contribution is -2.43. The maximum Gasteiger partial charge on any atom is 0.119 e. The molecule has 2 aromatic carbocycles. The van der Waals surface area contributed by atoms with Crippen molar-refractivity contribution in [3.05, 3.63) is 76.3 Å². The van der Waals surface area contributed by atoms with Crippen LogP contribution >= 0.6 is 11.6 Å². The third-order valence-corrected chi connectivity index (χ3v) is 8.43. The molecule has 0 bridgehead atoms. The van der Waals surface area contributed by atoms with Gasteiger partial charge in [-0.25, -0.2) is 0 Å². The van der Waals surface area contributed by atoms with Gasteiger partial charge in [0, 0.05) is 37.7 Å². The number of nitrogens with zero attached hydrogens (tertiary/aromatic N) is 2. The molecule has 5 nitrogen and oxygen atoms in total. The fraction of sp³-hybridized carbons (Fsp3) is 0.588. The van der Waals surface area contributed by atoms with Crippen molar-refractivity contribution >= 4 is 11.6 Å². The van der Waals surface area contributed by atoms with Gasteiger partial charge in [-0.15, -0.1) is 0 Å². The number of aliphatic hydroxyl groups excluding tert-OH is 1. The SMILES string of the molecule is CCCc1cc(Cl)ccc1C(COc1ccc(C(C)O)cc1)CN(C)CC1CCC1C(/C=C/CCN(C)C)OC. The van der Waals surface area contributed by atoms with E-state index in [0.29, 0.717) is 18.4 Å². The molecular weight excluding hydrogens is 520 g/mol. The Labute approximate surface area is 248 Å². The van der Waals surface area contributed by atoms with Crippen LogP contribution in [0.4, 0.5) is 0 Å². The summed E-state index contributed by atoms with van der Waals surface area (Å²) < 4.78 is 12.3. The molecule has 5 unspecified atom stereocenters. The number of halogens is 1. The van der Waals surface area contributed by atoms with Crippen molar-refractivity contribution in [3.63, 3.8) is 0 Å². The van der Waals surface area contributed by atoms with Crippen LogP contribution in [0.15, 0.2) is 54.6 Å². The molecule has 40 heavy (non-hydrogen) atoms. The first-order valence-corrected chi connectivity index (χ1v) is 15.3. The Hall–Kier alpha value is -1.89. The number of benzene rings is 2. The summed E-state index contributed by atoms with van der Waals surface area (Å²) in [5.74, 6) is 2.23. The van der Waals surface area contributed by atoms with Crippen LogP contribution in [0.25, 0.3) is 0 Å². The normalized spacial score (nSPS) is 19.6. The largest absolute Gasteiger partial charge is 0.493 e. The first-order chi connectivity index (χ1) is 19.2. The molecule has 1 aliphatic rings. The zero-order valence-electron chi connectivity index (χ0n) is 25.5. The predicted molar refractivity (Wildman–Crippen MR) is 168 cm³/mol. The maximum atomic E-state index is 9.85. The van der Waals surface area contributed by atoms with Crippen molar-refractivity contribution in [2.75, 3.05) is 54.5 Å². The Kier molecular flexibility index (Phi) is 13.5. The Morgan fingerprint density at radius 1 is 1.10 bits per heavy atom. The van der Waals surface area contributed by atoms with Gasteiger partial charge in [-0.2, -0.15) is 0 Å². The van der Waals surface area contributed by atoms with Crippen LogP contribution in [0.3, 0.4) is 0 Å². The molecule has 3 rings (SSSR count). The summed E-state index contributed by atoms with van der Waals surface area (Å²) in [6.07, 6.45) is 9.86. The number of hydrogen-bond acceptors (Lipinski definition) is 5. The summed E-state index contributed by atoms with van der Waals surface area (Å²) in [4.78, 5) is 4.69. The van der Waals surface area contributed by atoms with Gasteiger partial charge in [-0.3, -0.25) is 0 Å². The van der Waals surface area contributed by atoms with E-state index in [4.69, 9.17) is 21.1 Å². The summed E-state index contributed by atoms with van der Waals surface area (Å²) >= 11 is 6.41. The van der Waals surface area contributed by atoms with Crippen molar-refractivity contribution in [3.8, 4) is 5.75 Å². The second-order valence-corrected chi connectivity index (χ2v) is 12.2. The molecule has 0 radical (unpaired) electrons. The summed E-state index contributed by atoms with van der Waals surface area (Å²) in [6, 6.07) is 14.1. The molecular formula is C34H51ClN2O3. The fourth-order valence-electron chi connectivity index (χ4n) is 5.80. The van der Waals surface area contributed by atoms with E-state index < -0.39 is 6.10 Å². The highest BCUT2D eigenvalue weighted by Crippen LogP contribution is 2.39.